The van der Waals surface area contributed by atoms with Crippen LogP contribution in [0.25, 0.3) is 0 Å². The van der Waals surface area contributed by atoms with Crippen LogP contribution in [0.5, 0.6) is 0 Å². The van der Waals surface area contributed by atoms with Gasteiger partial charge in [-0.15, -0.1) is 10.2 Å². The fourth-order valence-corrected chi connectivity index (χ4v) is 7.94. The third kappa shape index (κ3) is 5.02. The van der Waals surface area contributed by atoms with Gasteiger partial charge >= 0.3 is 0 Å². The Balaban J connectivity index is 1.54. The minimum absolute atomic E-state index is 0.0261. The molecule has 3 heterocycles. The van der Waals surface area contributed by atoms with Crippen molar-refractivity contribution in [2.75, 3.05) is 35.8 Å². The zero-order valence-corrected chi connectivity index (χ0v) is 17.8. The van der Waals surface area contributed by atoms with E-state index in [1.165, 1.54) is 16.7 Å². The zero-order chi connectivity index (χ0) is 19.8. The molecule has 0 N–H and O–H groups in total. The number of hydrogen-bond donors (Lipinski definition) is 0. The predicted octanol–water partition coefficient (Wildman–Crippen LogP) is -0.470. The largest absolute Gasteiger partial charge is 0.341 e. The molecule has 2 aliphatic rings. The molecule has 9 nitrogen and oxygen atoms in total. The SMILES string of the molecule is CN(C(=O)CSc1nnc(CC2CCS(=O)(=O)C2)n1C)C1CCS(=O)(=O)C1. The first-order chi connectivity index (χ1) is 12.6. The van der Waals surface area contributed by atoms with E-state index in [2.05, 4.69) is 10.2 Å². The predicted molar refractivity (Wildman–Crippen MR) is 102 cm³/mol. The van der Waals surface area contributed by atoms with Gasteiger partial charge in [0.1, 0.15) is 5.82 Å². The number of hydrogen-bond acceptors (Lipinski definition) is 8. The van der Waals surface area contributed by atoms with E-state index in [-0.39, 0.29) is 46.6 Å². The summed E-state index contributed by atoms with van der Waals surface area (Å²) in [5.74, 6) is 1.36. The van der Waals surface area contributed by atoms with Gasteiger partial charge in [0.25, 0.3) is 0 Å². The van der Waals surface area contributed by atoms with Crippen molar-refractivity contribution < 1.29 is 21.6 Å². The topological polar surface area (TPSA) is 119 Å². The van der Waals surface area contributed by atoms with Gasteiger partial charge in [0.2, 0.25) is 5.91 Å². The van der Waals surface area contributed by atoms with E-state index in [0.717, 1.165) is 0 Å². The van der Waals surface area contributed by atoms with Crippen molar-refractivity contribution in [3.63, 3.8) is 0 Å². The number of sulfone groups is 2. The van der Waals surface area contributed by atoms with Crippen LogP contribution in [-0.4, -0.2) is 84.3 Å². The first-order valence-corrected chi connectivity index (χ1v) is 13.4. The molecule has 2 unspecified atom stereocenters. The molecule has 2 aliphatic heterocycles. The highest BCUT2D eigenvalue weighted by Crippen LogP contribution is 2.24. The first kappa shape index (κ1) is 20.6. The number of carbonyl (C=O) groups excluding carboxylic acids is 1. The lowest BCUT2D eigenvalue weighted by atomic mass is 10.1. The van der Waals surface area contributed by atoms with E-state index in [4.69, 9.17) is 0 Å². The van der Waals surface area contributed by atoms with Gasteiger partial charge in [-0.25, -0.2) is 16.8 Å². The Kier molecular flexibility index (Phi) is 5.88. The lowest BCUT2D eigenvalue weighted by Gasteiger charge is -2.23. The molecule has 0 aliphatic carbocycles. The van der Waals surface area contributed by atoms with Gasteiger partial charge in [-0.3, -0.25) is 4.79 Å². The summed E-state index contributed by atoms with van der Waals surface area (Å²) in [7, 11) is -2.52. The molecule has 0 bridgehead atoms. The maximum Gasteiger partial charge on any atom is 0.233 e. The summed E-state index contributed by atoms with van der Waals surface area (Å²) in [6, 6.07) is -0.262. The first-order valence-electron chi connectivity index (χ1n) is 8.74. The van der Waals surface area contributed by atoms with Crippen molar-refractivity contribution in [1.82, 2.24) is 19.7 Å². The van der Waals surface area contributed by atoms with E-state index in [9.17, 15) is 21.6 Å². The van der Waals surface area contributed by atoms with Crippen LogP contribution in [0.2, 0.25) is 0 Å². The van der Waals surface area contributed by atoms with Crippen molar-refractivity contribution in [1.29, 1.82) is 0 Å². The number of carbonyl (C=O) groups is 1. The molecular formula is C15H24N4O5S3. The Morgan fingerprint density at radius 1 is 1.15 bits per heavy atom. The van der Waals surface area contributed by atoms with Gasteiger partial charge in [0.15, 0.2) is 24.8 Å². The summed E-state index contributed by atoms with van der Waals surface area (Å²) in [6.07, 6.45) is 1.68. The normalized spacial score (nSPS) is 26.3. The molecule has 152 valence electrons. The Morgan fingerprint density at radius 3 is 2.41 bits per heavy atom. The molecule has 1 aromatic rings. The molecule has 0 spiro atoms. The highest BCUT2D eigenvalue weighted by Gasteiger charge is 2.33. The number of amides is 1. The Morgan fingerprint density at radius 2 is 1.81 bits per heavy atom. The van der Waals surface area contributed by atoms with Gasteiger partial charge in [0, 0.05) is 26.6 Å². The lowest BCUT2D eigenvalue weighted by molar-refractivity contribution is -0.128. The molecule has 27 heavy (non-hydrogen) atoms. The molecule has 12 heteroatoms. The average Bonchev–Trinajstić information content (AvgIpc) is 3.23. The van der Waals surface area contributed by atoms with Crippen LogP contribution in [0.1, 0.15) is 18.7 Å². The van der Waals surface area contributed by atoms with Crippen LogP contribution in [-0.2, 0) is 37.9 Å². The van der Waals surface area contributed by atoms with Crippen LogP contribution in [0.3, 0.4) is 0 Å². The summed E-state index contributed by atoms with van der Waals surface area (Å²) in [4.78, 5) is 13.9. The van der Waals surface area contributed by atoms with Crippen LogP contribution in [0.15, 0.2) is 5.16 Å². The number of nitrogens with zero attached hydrogens (tertiary/aromatic N) is 4. The van der Waals surface area contributed by atoms with Gasteiger partial charge in [-0.1, -0.05) is 11.8 Å². The monoisotopic (exact) mass is 436 g/mol. The second-order valence-electron chi connectivity index (χ2n) is 7.28. The van der Waals surface area contributed by atoms with Crippen molar-refractivity contribution in [3.8, 4) is 0 Å². The Bertz CT molecular complexity index is 925. The fraction of sp³-hybridized carbons (Fsp3) is 0.800. The zero-order valence-electron chi connectivity index (χ0n) is 15.4. The van der Waals surface area contributed by atoms with Crippen LogP contribution >= 0.6 is 11.8 Å². The second-order valence-corrected chi connectivity index (χ2v) is 12.7. The Hall–Kier alpha value is -1.14. The molecule has 3 rings (SSSR count). The van der Waals surface area contributed by atoms with Crippen molar-refractivity contribution in [3.05, 3.63) is 5.82 Å². The quantitative estimate of drug-likeness (QED) is 0.549. The summed E-state index contributed by atoms with van der Waals surface area (Å²) >= 11 is 1.25. The maximum atomic E-state index is 12.4. The van der Waals surface area contributed by atoms with Crippen LogP contribution in [0, 0.1) is 5.92 Å². The fourth-order valence-electron chi connectivity index (χ4n) is 3.45. The van der Waals surface area contributed by atoms with E-state index >= 15 is 0 Å². The van der Waals surface area contributed by atoms with Crippen molar-refractivity contribution >= 4 is 37.3 Å². The standard InChI is InChI=1S/C15H24N4O5S3/c1-18(12-4-6-27(23,24)10-12)14(20)8-25-15-17-16-13(19(15)2)7-11-3-5-26(21,22)9-11/h11-12H,3-10H2,1-2H3. The lowest BCUT2D eigenvalue weighted by Crippen LogP contribution is -2.38. The third-order valence-electron chi connectivity index (χ3n) is 5.20. The maximum absolute atomic E-state index is 12.4. The van der Waals surface area contributed by atoms with Gasteiger partial charge in [-0.05, 0) is 18.8 Å². The smallest absolute Gasteiger partial charge is 0.233 e. The van der Waals surface area contributed by atoms with Gasteiger partial charge < -0.3 is 9.47 Å². The summed E-state index contributed by atoms with van der Waals surface area (Å²) in [6.45, 7) is 0. The number of thioether (sulfide) groups is 1. The Labute approximate surface area is 163 Å². The van der Waals surface area contributed by atoms with E-state index in [0.29, 0.717) is 30.2 Å². The van der Waals surface area contributed by atoms with Gasteiger partial charge in [-0.2, -0.15) is 0 Å². The third-order valence-corrected chi connectivity index (χ3v) is 9.79. The van der Waals surface area contributed by atoms with E-state index in [1.54, 1.807) is 18.7 Å². The number of aromatic nitrogens is 3. The van der Waals surface area contributed by atoms with Crippen molar-refractivity contribution in [2.24, 2.45) is 13.0 Å². The molecular weight excluding hydrogens is 412 g/mol. The molecule has 2 atom stereocenters. The van der Waals surface area contributed by atoms with Crippen LogP contribution < -0.4 is 0 Å². The highest BCUT2D eigenvalue weighted by atomic mass is 32.2. The minimum atomic E-state index is -3.03. The molecule has 1 amide bonds. The molecule has 0 radical (unpaired) electrons. The van der Waals surface area contributed by atoms with E-state index in [1.807, 2.05) is 0 Å². The number of rotatable bonds is 6. The average molecular weight is 437 g/mol. The molecule has 0 saturated carbocycles. The van der Waals surface area contributed by atoms with E-state index < -0.39 is 19.7 Å². The van der Waals surface area contributed by atoms with Gasteiger partial charge in [0.05, 0.1) is 28.8 Å². The summed E-state index contributed by atoms with van der Waals surface area (Å²) < 4.78 is 48.1. The van der Waals surface area contributed by atoms with Crippen molar-refractivity contribution in [2.45, 2.75) is 30.5 Å². The minimum Gasteiger partial charge on any atom is -0.341 e. The highest BCUT2D eigenvalue weighted by molar-refractivity contribution is 7.99. The summed E-state index contributed by atoms with van der Waals surface area (Å²) in [5, 5.41) is 8.83. The molecule has 1 aromatic heterocycles. The van der Waals surface area contributed by atoms with Crippen LogP contribution in [0.4, 0.5) is 0 Å². The summed E-state index contributed by atoms with van der Waals surface area (Å²) in [5.41, 5.74) is 0. The molecule has 2 saturated heterocycles. The second kappa shape index (κ2) is 7.70. The molecule has 0 aromatic carbocycles. The molecule has 2 fully saturated rings.